The van der Waals surface area contributed by atoms with Gasteiger partial charge in [0, 0.05) is 19.1 Å². The van der Waals surface area contributed by atoms with Gasteiger partial charge in [-0.1, -0.05) is 6.92 Å². The van der Waals surface area contributed by atoms with Crippen LogP contribution in [0.3, 0.4) is 0 Å². The van der Waals surface area contributed by atoms with Crippen molar-refractivity contribution in [3.8, 4) is 0 Å². The van der Waals surface area contributed by atoms with Crippen LogP contribution in [0.15, 0.2) is 12.1 Å². The van der Waals surface area contributed by atoms with Crippen molar-refractivity contribution in [2.45, 2.75) is 26.4 Å². The van der Waals surface area contributed by atoms with Gasteiger partial charge in [0.1, 0.15) is 0 Å². The molecule has 0 aromatic heterocycles. The summed E-state index contributed by atoms with van der Waals surface area (Å²) in [5.74, 6) is -3.73. The van der Waals surface area contributed by atoms with Crippen LogP contribution >= 0.6 is 0 Å². The lowest BCUT2D eigenvalue weighted by Gasteiger charge is -2.14. The second-order valence-corrected chi connectivity index (χ2v) is 3.96. The summed E-state index contributed by atoms with van der Waals surface area (Å²) in [5, 5.41) is 6.23. The summed E-state index contributed by atoms with van der Waals surface area (Å²) < 4.78 is 38.5. The Morgan fingerprint density at radius 2 is 1.76 bits per heavy atom. The zero-order valence-corrected chi connectivity index (χ0v) is 9.99. The Labute approximate surface area is 99.2 Å². The first-order valence-corrected chi connectivity index (χ1v) is 5.62. The van der Waals surface area contributed by atoms with E-state index in [0.29, 0.717) is 12.1 Å². The third kappa shape index (κ3) is 4.36. The van der Waals surface area contributed by atoms with Crippen molar-refractivity contribution in [2.24, 2.45) is 0 Å². The second-order valence-electron chi connectivity index (χ2n) is 3.96. The second kappa shape index (κ2) is 6.61. The molecule has 2 N–H and O–H groups in total. The Hall–Kier alpha value is -1.07. The maximum absolute atomic E-state index is 12.9. The van der Waals surface area contributed by atoms with E-state index in [1.165, 1.54) is 0 Å². The maximum atomic E-state index is 12.9. The van der Waals surface area contributed by atoms with E-state index in [0.717, 1.165) is 25.2 Å². The lowest BCUT2D eigenvalue weighted by Crippen LogP contribution is -2.35. The van der Waals surface area contributed by atoms with Crippen molar-refractivity contribution in [3.63, 3.8) is 0 Å². The van der Waals surface area contributed by atoms with Crippen LogP contribution in [-0.2, 0) is 6.54 Å². The SMILES string of the molecule is CCNCC(C)NCc1cc(F)c(F)c(F)c1. The summed E-state index contributed by atoms with van der Waals surface area (Å²) in [6.07, 6.45) is 0. The van der Waals surface area contributed by atoms with Crippen LogP contribution in [-0.4, -0.2) is 19.1 Å². The number of halogens is 3. The van der Waals surface area contributed by atoms with E-state index in [9.17, 15) is 13.2 Å². The highest BCUT2D eigenvalue weighted by Gasteiger charge is 2.10. The lowest BCUT2D eigenvalue weighted by molar-refractivity contribution is 0.442. The topological polar surface area (TPSA) is 24.1 Å². The molecule has 1 aromatic carbocycles. The molecule has 0 fully saturated rings. The smallest absolute Gasteiger partial charge is 0.194 e. The molecule has 2 nitrogen and oxygen atoms in total. The van der Waals surface area contributed by atoms with E-state index in [1.807, 2.05) is 13.8 Å². The molecule has 0 aliphatic rings. The maximum Gasteiger partial charge on any atom is 0.194 e. The predicted molar refractivity (Wildman–Crippen MR) is 61.2 cm³/mol. The van der Waals surface area contributed by atoms with Gasteiger partial charge in [-0.15, -0.1) is 0 Å². The molecule has 0 radical (unpaired) electrons. The van der Waals surface area contributed by atoms with E-state index in [-0.39, 0.29) is 6.04 Å². The number of likely N-dealkylation sites (N-methyl/N-ethyl adjacent to an activating group) is 1. The molecule has 0 aliphatic carbocycles. The normalized spacial score (nSPS) is 12.8. The first-order chi connectivity index (χ1) is 8.04. The molecule has 17 heavy (non-hydrogen) atoms. The standard InChI is InChI=1S/C12H17F3N2/c1-3-16-6-8(2)17-7-9-4-10(13)12(15)11(14)5-9/h4-5,8,16-17H,3,6-7H2,1-2H3. The molecule has 0 aliphatic heterocycles. The molecule has 0 saturated carbocycles. The number of hydrogen-bond donors (Lipinski definition) is 2. The fourth-order valence-electron chi connectivity index (χ4n) is 1.44. The highest BCUT2D eigenvalue weighted by molar-refractivity contribution is 5.19. The Morgan fingerprint density at radius 3 is 2.29 bits per heavy atom. The largest absolute Gasteiger partial charge is 0.315 e. The van der Waals surface area contributed by atoms with Gasteiger partial charge in [-0.05, 0) is 31.2 Å². The summed E-state index contributed by atoms with van der Waals surface area (Å²) in [6, 6.07) is 2.18. The number of rotatable bonds is 6. The Morgan fingerprint density at radius 1 is 1.18 bits per heavy atom. The molecule has 1 unspecified atom stereocenters. The summed E-state index contributed by atoms with van der Waals surface area (Å²) in [7, 11) is 0. The van der Waals surface area contributed by atoms with Crippen molar-refractivity contribution < 1.29 is 13.2 Å². The van der Waals surface area contributed by atoms with E-state index in [1.54, 1.807) is 0 Å². The molecule has 1 aromatic rings. The third-order valence-corrected chi connectivity index (χ3v) is 2.40. The average Bonchev–Trinajstić information content (AvgIpc) is 2.30. The van der Waals surface area contributed by atoms with Crippen LogP contribution in [0.1, 0.15) is 19.4 Å². The molecule has 0 amide bonds. The molecule has 0 saturated heterocycles. The van der Waals surface area contributed by atoms with Crippen molar-refractivity contribution in [1.29, 1.82) is 0 Å². The van der Waals surface area contributed by atoms with Crippen LogP contribution in [0.2, 0.25) is 0 Å². The average molecular weight is 246 g/mol. The minimum atomic E-state index is -1.42. The molecule has 96 valence electrons. The van der Waals surface area contributed by atoms with E-state index >= 15 is 0 Å². The lowest BCUT2D eigenvalue weighted by atomic mass is 10.2. The van der Waals surface area contributed by atoms with Crippen molar-refractivity contribution in [1.82, 2.24) is 10.6 Å². The van der Waals surface area contributed by atoms with Gasteiger partial charge in [0.2, 0.25) is 0 Å². The summed E-state index contributed by atoms with van der Waals surface area (Å²) in [6.45, 7) is 5.89. The van der Waals surface area contributed by atoms with Crippen LogP contribution in [0.5, 0.6) is 0 Å². The molecule has 0 heterocycles. The van der Waals surface area contributed by atoms with E-state index in [2.05, 4.69) is 10.6 Å². The van der Waals surface area contributed by atoms with Gasteiger partial charge >= 0.3 is 0 Å². The Bertz CT molecular complexity index is 346. The monoisotopic (exact) mass is 246 g/mol. The first-order valence-electron chi connectivity index (χ1n) is 5.62. The minimum absolute atomic E-state index is 0.172. The van der Waals surface area contributed by atoms with Gasteiger partial charge in [0.05, 0.1) is 0 Å². The van der Waals surface area contributed by atoms with Crippen LogP contribution in [0, 0.1) is 17.5 Å². The zero-order chi connectivity index (χ0) is 12.8. The van der Waals surface area contributed by atoms with Gasteiger partial charge in [-0.3, -0.25) is 0 Å². The van der Waals surface area contributed by atoms with Gasteiger partial charge in [0.25, 0.3) is 0 Å². The quantitative estimate of drug-likeness (QED) is 0.752. The molecular formula is C12H17F3N2. The van der Waals surface area contributed by atoms with Gasteiger partial charge in [-0.25, -0.2) is 13.2 Å². The van der Waals surface area contributed by atoms with Crippen LogP contribution in [0.4, 0.5) is 13.2 Å². The molecule has 5 heteroatoms. The Balaban J connectivity index is 2.52. The highest BCUT2D eigenvalue weighted by Crippen LogP contribution is 2.13. The molecule has 1 atom stereocenters. The number of benzene rings is 1. The molecule has 0 spiro atoms. The van der Waals surface area contributed by atoms with Crippen molar-refractivity contribution in [2.75, 3.05) is 13.1 Å². The van der Waals surface area contributed by atoms with Gasteiger partial charge in [0.15, 0.2) is 17.5 Å². The zero-order valence-electron chi connectivity index (χ0n) is 9.99. The summed E-state index contributed by atoms with van der Waals surface area (Å²) >= 11 is 0. The van der Waals surface area contributed by atoms with Crippen molar-refractivity contribution in [3.05, 3.63) is 35.1 Å². The van der Waals surface area contributed by atoms with Crippen LogP contribution in [0.25, 0.3) is 0 Å². The van der Waals surface area contributed by atoms with Gasteiger partial charge < -0.3 is 10.6 Å². The van der Waals surface area contributed by atoms with Crippen LogP contribution < -0.4 is 10.6 Å². The molecular weight excluding hydrogens is 229 g/mol. The summed E-state index contributed by atoms with van der Waals surface area (Å²) in [5.41, 5.74) is 0.393. The third-order valence-electron chi connectivity index (χ3n) is 2.40. The Kier molecular flexibility index (Phi) is 5.44. The molecule has 0 bridgehead atoms. The van der Waals surface area contributed by atoms with E-state index < -0.39 is 17.5 Å². The first kappa shape index (κ1) is 14.0. The highest BCUT2D eigenvalue weighted by atomic mass is 19.2. The van der Waals surface area contributed by atoms with E-state index in [4.69, 9.17) is 0 Å². The van der Waals surface area contributed by atoms with Crippen molar-refractivity contribution >= 4 is 0 Å². The number of hydrogen-bond acceptors (Lipinski definition) is 2. The summed E-state index contributed by atoms with van der Waals surface area (Å²) in [4.78, 5) is 0. The fourth-order valence-corrected chi connectivity index (χ4v) is 1.44. The minimum Gasteiger partial charge on any atom is -0.315 e. The molecule has 1 rings (SSSR count). The number of nitrogens with one attached hydrogen (secondary N) is 2. The fraction of sp³-hybridized carbons (Fsp3) is 0.500. The van der Waals surface area contributed by atoms with Gasteiger partial charge in [-0.2, -0.15) is 0 Å². The predicted octanol–water partition coefficient (Wildman–Crippen LogP) is 2.19.